The van der Waals surface area contributed by atoms with E-state index in [-0.39, 0.29) is 34.3 Å². The highest BCUT2D eigenvalue weighted by Gasteiger charge is 2.49. The Labute approximate surface area is 169 Å². The van der Waals surface area contributed by atoms with Gasteiger partial charge in [0.2, 0.25) is 5.91 Å². The number of carbonyl (C=O) groups is 3. The van der Waals surface area contributed by atoms with Gasteiger partial charge in [0.25, 0.3) is 11.8 Å². The smallest absolute Gasteiger partial charge is 0.267 e. The third-order valence-electron chi connectivity index (χ3n) is 4.36. The van der Waals surface area contributed by atoms with E-state index in [1.165, 1.54) is 31.4 Å². The van der Waals surface area contributed by atoms with Gasteiger partial charge in [0.15, 0.2) is 5.54 Å². The van der Waals surface area contributed by atoms with E-state index < -0.39 is 29.1 Å². The van der Waals surface area contributed by atoms with Gasteiger partial charge in [-0.2, -0.15) is 0 Å². The zero-order valence-corrected chi connectivity index (χ0v) is 15.9. The van der Waals surface area contributed by atoms with Crippen molar-refractivity contribution in [1.82, 2.24) is 15.6 Å². The SMILES string of the molecule is CNC(=O)C1=NCNC1(C(N)=O)c1ccc(NC(=O)c2ccc(F)cc2Cl)nc1. The summed E-state index contributed by atoms with van der Waals surface area (Å²) in [6, 6.07) is 6.29. The predicted molar refractivity (Wildman–Crippen MR) is 104 cm³/mol. The van der Waals surface area contributed by atoms with E-state index in [9.17, 15) is 18.8 Å². The molecular weight excluding hydrogens is 403 g/mol. The number of primary amides is 1. The van der Waals surface area contributed by atoms with Crippen molar-refractivity contribution in [3.05, 3.63) is 58.5 Å². The van der Waals surface area contributed by atoms with Crippen LogP contribution in [0.15, 0.2) is 41.5 Å². The summed E-state index contributed by atoms with van der Waals surface area (Å²) in [5, 5.41) is 7.72. The number of halogens is 2. The van der Waals surface area contributed by atoms with E-state index in [0.717, 1.165) is 12.1 Å². The van der Waals surface area contributed by atoms with Crippen molar-refractivity contribution < 1.29 is 18.8 Å². The Morgan fingerprint density at radius 2 is 2.00 bits per heavy atom. The number of rotatable bonds is 5. The topological polar surface area (TPSA) is 139 Å². The summed E-state index contributed by atoms with van der Waals surface area (Å²) in [7, 11) is 1.41. The monoisotopic (exact) mass is 418 g/mol. The van der Waals surface area contributed by atoms with E-state index in [1.54, 1.807) is 0 Å². The molecule has 0 saturated carbocycles. The average Bonchev–Trinajstić information content (AvgIpc) is 3.14. The van der Waals surface area contributed by atoms with E-state index in [1.807, 2.05) is 0 Å². The molecule has 2 heterocycles. The molecule has 1 aromatic heterocycles. The van der Waals surface area contributed by atoms with E-state index in [0.29, 0.717) is 0 Å². The molecule has 29 heavy (non-hydrogen) atoms. The van der Waals surface area contributed by atoms with Crippen LogP contribution in [0, 0.1) is 5.82 Å². The maximum Gasteiger partial charge on any atom is 0.267 e. The molecule has 0 spiro atoms. The third-order valence-corrected chi connectivity index (χ3v) is 4.67. The number of amides is 3. The van der Waals surface area contributed by atoms with Gasteiger partial charge in [-0.15, -0.1) is 0 Å². The number of hydrogen-bond donors (Lipinski definition) is 4. The quantitative estimate of drug-likeness (QED) is 0.561. The number of benzene rings is 1. The predicted octanol–water partition coefficient (Wildman–Crippen LogP) is 0.555. The third kappa shape index (κ3) is 3.67. The highest BCUT2D eigenvalue weighted by atomic mass is 35.5. The summed E-state index contributed by atoms with van der Waals surface area (Å²) in [6.07, 6.45) is 1.30. The van der Waals surface area contributed by atoms with Crippen molar-refractivity contribution in [1.29, 1.82) is 0 Å². The first kappa shape index (κ1) is 20.4. The number of aromatic nitrogens is 1. The Hall–Kier alpha value is -3.37. The summed E-state index contributed by atoms with van der Waals surface area (Å²) < 4.78 is 13.1. The van der Waals surface area contributed by atoms with Crippen LogP contribution in [0.25, 0.3) is 0 Å². The Bertz CT molecular complexity index is 1030. The standard InChI is InChI=1S/C18H16ClFN6O3/c1-22-16(28)14-18(17(21)29,25-8-24-14)9-2-5-13(23-7-9)26-15(27)11-4-3-10(20)6-12(11)19/h2-7,25H,8H2,1H3,(H2,21,29)(H,22,28)(H,23,26,27). The molecule has 1 aliphatic heterocycles. The molecule has 9 nitrogen and oxygen atoms in total. The Morgan fingerprint density at radius 1 is 1.24 bits per heavy atom. The van der Waals surface area contributed by atoms with E-state index >= 15 is 0 Å². The lowest BCUT2D eigenvalue weighted by Crippen LogP contribution is -2.58. The van der Waals surface area contributed by atoms with Gasteiger partial charge in [-0.25, -0.2) is 9.37 Å². The molecular formula is C18H16ClFN6O3. The highest BCUT2D eigenvalue weighted by molar-refractivity contribution is 6.47. The molecule has 0 radical (unpaired) electrons. The minimum atomic E-state index is -1.64. The summed E-state index contributed by atoms with van der Waals surface area (Å²) in [4.78, 5) is 44.8. The zero-order valence-electron chi connectivity index (χ0n) is 15.1. The molecule has 1 aliphatic rings. The summed E-state index contributed by atoms with van der Waals surface area (Å²) in [5.41, 5.74) is 4.19. The Morgan fingerprint density at radius 3 is 2.59 bits per heavy atom. The van der Waals surface area contributed by atoms with Crippen LogP contribution in [-0.2, 0) is 15.1 Å². The van der Waals surface area contributed by atoms with Crippen molar-refractivity contribution in [2.24, 2.45) is 10.7 Å². The number of aliphatic imine (C=N–C) groups is 1. The van der Waals surface area contributed by atoms with Crippen LogP contribution in [0.1, 0.15) is 15.9 Å². The molecule has 11 heteroatoms. The number of carbonyl (C=O) groups excluding carboxylic acids is 3. The first-order valence-corrected chi connectivity index (χ1v) is 8.72. The molecule has 2 aromatic rings. The summed E-state index contributed by atoms with van der Waals surface area (Å²) >= 11 is 5.88. The fourth-order valence-corrected chi connectivity index (χ4v) is 3.18. The number of nitrogens with zero attached hydrogens (tertiary/aromatic N) is 2. The van der Waals surface area contributed by atoms with Gasteiger partial charge in [0, 0.05) is 18.8 Å². The number of pyridine rings is 1. The van der Waals surface area contributed by atoms with Crippen LogP contribution in [0.3, 0.4) is 0 Å². The molecule has 5 N–H and O–H groups in total. The molecule has 1 unspecified atom stereocenters. The van der Waals surface area contributed by atoms with Crippen LogP contribution in [0.5, 0.6) is 0 Å². The first-order valence-electron chi connectivity index (χ1n) is 8.34. The van der Waals surface area contributed by atoms with Gasteiger partial charge in [-0.05, 0) is 24.3 Å². The van der Waals surface area contributed by atoms with Crippen LogP contribution in [0.2, 0.25) is 5.02 Å². The average molecular weight is 419 g/mol. The van der Waals surface area contributed by atoms with Gasteiger partial charge in [-0.3, -0.25) is 24.7 Å². The normalized spacial score (nSPS) is 18.1. The largest absolute Gasteiger partial charge is 0.367 e. The van der Waals surface area contributed by atoms with Crippen LogP contribution in [-0.4, -0.2) is 42.1 Å². The number of nitrogens with one attached hydrogen (secondary N) is 3. The zero-order chi connectivity index (χ0) is 21.2. The fourth-order valence-electron chi connectivity index (χ4n) is 2.93. The lowest BCUT2D eigenvalue weighted by molar-refractivity contribution is -0.123. The van der Waals surface area contributed by atoms with Gasteiger partial charge < -0.3 is 16.4 Å². The second-order valence-electron chi connectivity index (χ2n) is 6.05. The molecule has 0 aliphatic carbocycles. The number of hydrogen-bond acceptors (Lipinski definition) is 6. The van der Waals surface area contributed by atoms with E-state index in [2.05, 4.69) is 25.9 Å². The second kappa shape index (κ2) is 7.94. The molecule has 1 atom stereocenters. The van der Waals surface area contributed by atoms with Crippen LogP contribution < -0.4 is 21.7 Å². The van der Waals surface area contributed by atoms with Crippen molar-refractivity contribution in [2.75, 3.05) is 19.0 Å². The Balaban J connectivity index is 1.87. The second-order valence-corrected chi connectivity index (χ2v) is 6.45. The molecule has 0 saturated heterocycles. The van der Waals surface area contributed by atoms with Crippen LogP contribution in [0.4, 0.5) is 10.2 Å². The lowest BCUT2D eigenvalue weighted by Gasteiger charge is -2.27. The molecule has 3 amide bonds. The van der Waals surface area contributed by atoms with Gasteiger partial charge in [0.05, 0.1) is 17.3 Å². The number of nitrogens with two attached hydrogens (primary N) is 1. The summed E-state index contributed by atoms with van der Waals surface area (Å²) in [6.45, 7) is 0.0211. The molecule has 150 valence electrons. The molecule has 0 fully saturated rings. The van der Waals surface area contributed by atoms with Gasteiger partial charge in [-0.1, -0.05) is 17.7 Å². The molecule has 1 aromatic carbocycles. The molecule has 3 rings (SSSR count). The fraction of sp³-hybridized carbons (Fsp3) is 0.167. The van der Waals surface area contributed by atoms with Gasteiger partial charge in [0.1, 0.15) is 17.3 Å². The van der Waals surface area contributed by atoms with Crippen molar-refractivity contribution >= 4 is 40.9 Å². The maximum absolute atomic E-state index is 13.1. The minimum absolute atomic E-state index is 0.0211. The number of anilines is 1. The maximum atomic E-state index is 13.1. The van der Waals surface area contributed by atoms with Gasteiger partial charge >= 0.3 is 0 Å². The van der Waals surface area contributed by atoms with E-state index in [4.69, 9.17) is 17.3 Å². The first-order chi connectivity index (χ1) is 13.8. The Kier molecular flexibility index (Phi) is 5.57. The van der Waals surface area contributed by atoms with Crippen molar-refractivity contribution in [3.8, 4) is 0 Å². The van der Waals surface area contributed by atoms with Crippen LogP contribution >= 0.6 is 11.6 Å². The molecule has 0 bridgehead atoms. The van der Waals surface area contributed by atoms with Crippen molar-refractivity contribution in [2.45, 2.75) is 5.54 Å². The summed E-state index contributed by atoms with van der Waals surface area (Å²) in [5.74, 6) is -2.39. The lowest BCUT2D eigenvalue weighted by atomic mass is 9.85. The highest BCUT2D eigenvalue weighted by Crippen LogP contribution is 2.27. The van der Waals surface area contributed by atoms with Crippen molar-refractivity contribution in [3.63, 3.8) is 0 Å². The minimum Gasteiger partial charge on any atom is -0.367 e.